The van der Waals surface area contributed by atoms with Crippen LogP contribution in [-0.4, -0.2) is 28.0 Å². The molecule has 0 saturated heterocycles. The summed E-state index contributed by atoms with van der Waals surface area (Å²) < 4.78 is 44.6. The number of hydrogen-bond donors (Lipinski definition) is 1. The summed E-state index contributed by atoms with van der Waals surface area (Å²) in [6.45, 7) is 3.24. The molecule has 1 aromatic carbocycles. The first-order valence-electron chi connectivity index (χ1n) is 7.79. The van der Waals surface area contributed by atoms with E-state index in [1.54, 1.807) is 27.0 Å². The molecule has 0 spiro atoms. The van der Waals surface area contributed by atoms with Crippen molar-refractivity contribution in [3.05, 3.63) is 57.2 Å². The minimum Gasteiger partial charge on any atom is -0.271 e. The fourth-order valence-electron chi connectivity index (χ4n) is 2.71. The first-order valence-corrected chi connectivity index (χ1v) is 10.0. The van der Waals surface area contributed by atoms with E-state index in [1.165, 1.54) is 27.7 Å². The van der Waals surface area contributed by atoms with Gasteiger partial charge in [0, 0.05) is 23.8 Å². The SMILES string of the molecule is Cc1nn(C)c(C)c1S(=O)(=O)Nc1nn(Cc2c(F)cccc2Cl)cc1Cl. The number of aryl methyl sites for hydroxylation is 2. The zero-order valence-corrected chi connectivity index (χ0v) is 17.0. The summed E-state index contributed by atoms with van der Waals surface area (Å²) >= 11 is 12.1. The molecule has 144 valence electrons. The topological polar surface area (TPSA) is 81.8 Å². The van der Waals surface area contributed by atoms with Gasteiger partial charge in [-0.05, 0) is 26.0 Å². The van der Waals surface area contributed by atoms with Gasteiger partial charge in [0.05, 0.1) is 17.9 Å². The van der Waals surface area contributed by atoms with Gasteiger partial charge in [0.15, 0.2) is 5.82 Å². The number of rotatable bonds is 5. The van der Waals surface area contributed by atoms with Crippen molar-refractivity contribution in [2.45, 2.75) is 25.3 Å². The van der Waals surface area contributed by atoms with E-state index < -0.39 is 15.8 Å². The Morgan fingerprint density at radius 3 is 2.48 bits per heavy atom. The Labute approximate surface area is 165 Å². The standard InChI is InChI=1S/C16H16Cl2FN5O2S/c1-9-15(10(2)23(3)20-9)27(25,26)22-16-13(18)8-24(21-16)7-11-12(17)5-4-6-14(11)19/h4-6,8H,7H2,1-3H3,(H,21,22). The van der Waals surface area contributed by atoms with Crippen LogP contribution in [0.4, 0.5) is 10.2 Å². The molecule has 0 radical (unpaired) electrons. The van der Waals surface area contributed by atoms with E-state index in [2.05, 4.69) is 14.9 Å². The molecular weight excluding hydrogens is 416 g/mol. The van der Waals surface area contributed by atoms with Gasteiger partial charge in [-0.2, -0.15) is 10.2 Å². The second-order valence-corrected chi connectivity index (χ2v) is 8.39. The predicted octanol–water partition coefficient (Wildman–Crippen LogP) is 3.53. The van der Waals surface area contributed by atoms with Crippen molar-refractivity contribution in [2.75, 3.05) is 4.72 Å². The van der Waals surface area contributed by atoms with Gasteiger partial charge in [0.1, 0.15) is 15.7 Å². The normalized spacial score (nSPS) is 11.8. The van der Waals surface area contributed by atoms with Crippen molar-refractivity contribution >= 4 is 39.0 Å². The maximum absolute atomic E-state index is 13.9. The third-order valence-electron chi connectivity index (χ3n) is 4.04. The van der Waals surface area contributed by atoms with E-state index in [0.29, 0.717) is 11.4 Å². The molecule has 7 nitrogen and oxygen atoms in total. The minimum absolute atomic E-state index is 0.00208. The Kier molecular flexibility index (Phi) is 5.20. The fourth-order valence-corrected chi connectivity index (χ4v) is 4.65. The zero-order valence-electron chi connectivity index (χ0n) is 14.7. The Morgan fingerprint density at radius 2 is 1.89 bits per heavy atom. The third kappa shape index (κ3) is 3.80. The highest BCUT2D eigenvalue weighted by Crippen LogP contribution is 2.27. The van der Waals surface area contributed by atoms with Gasteiger partial charge in [-0.15, -0.1) is 0 Å². The number of nitrogens with one attached hydrogen (secondary N) is 1. The molecule has 11 heteroatoms. The second-order valence-electron chi connectivity index (χ2n) is 5.95. The molecule has 0 aliphatic rings. The van der Waals surface area contributed by atoms with Crippen molar-refractivity contribution < 1.29 is 12.8 Å². The molecule has 0 saturated carbocycles. The predicted molar refractivity (Wildman–Crippen MR) is 101 cm³/mol. The van der Waals surface area contributed by atoms with Gasteiger partial charge < -0.3 is 0 Å². The van der Waals surface area contributed by atoms with Crippen LogP contribution >= 0.6 is 23.2 Å². The summed E-state index contributed by atoms with van der Waals surface area (Å²) in [5, 5.41) is 8.53. The Hall–Kier alpha value is -2.10. The van der Waals surface area contributed by atoms with E-state index in [1.807, 2.05) is 0 Å². The van der Waals surface area contributed by atoms with Crippen LogP contribution in [-0.2, 0) is 23.6 Å². The van der Waals surface area contributed by atoms with Crippen molar-refractivity contribution in [3.8, 4) is 0 Å². The highest BCUT2D eigenvalue weighted by Gasteiger charge is 2.26. The lowest BCUT2D eigenvalue weighted by Crippen LogP contribution is -2.16. The molecule has 1 N–H and O–H groups in total. The number of anilines is 1. The second kappa shape index (κ2) is 7.14. The molecule has 2 heterocycles. The van der Waals surface area contributed by atoms with Crippen LogP contribution in [0.25, 0.3) is 0 Å². The zero-order chi connectivity index (χ0) is 19.9. The van der Waals surface area contributed by atoms with Gasteiger partial charge in [-0.25, -0.2) is 12.8 Å². The maximum atomic E-state index is 13.9. The number of nitrogens with zero attached hydrogens (tertiary/aromatic N) is 4. The molecule has 0 aliphatic carbocycles. The van der Waals surface area contributed by atoms with Crippen molar-refractivity contribution in [2.24, 2.45) is 7.05 Å². The molecule has 0 bridgehead atoms. The first kappa shape index (κ1) is 19.7. The average Bonchev–Trinajstić information content (AvgIpc) is 3.02. The third-order valence-corrected chi connectivity index (χ3v) is 6.26. The maximum Gasteiger partial charge on any atom is 0.266 e. The highest BCUT2D eigenvalue weighted by atomic mass is 35.5. The van der Waals surface area contributed by atoms with Crippen molar-refractivity contribution in [1.82, 2.24) is 19.6 Å². The quantitative estimate of drug-likeness (QED) is 0.669. The lowest BCUT2D eigenvalue weighted by atomic mass is 10.2. The first-order chi connectivity index (χ1) is 12.6. The molecule has 0 atom stereocenters. The molecule has 27 heavy (non-hydrogen) atoms. The van der Waals surface area contributed by atoms with Gasteiger partial charge >= 0.3 is 0 Å². The van der Waals surface area contributed by atoms with Crippen LogP contribution in [0.1, 0.15) is 17.0 Å². The molecule has 0 fully saturated rings. The number of sulfonamides is 1. The highest BCUT2D eigenvalue weighted by molar-refractivity contribution is 7.92. The Morgan fingerprint density at radius 1 is 1.19 bits per heavy atom. The van der Waals surface area contributed by atoms with E-state index in [9.17, 15) is 12.8 Å². The lowest BCUT2D eigenvalue weighted by molar-refractivity contribution is 0.585. The summed E-state index contributed by atoms with van der Waals surface area (Å²) in [4.78, 5) is 0.0627. The van der Waals surface area contributed by atoms with Crippen LogP contribution in [0.5, 0.6) is 0 Å². The average molecular weight is 432 g/mol. The minimum atomic E-state index is -3.95. The smallest absolute Gasteiger partial charge is 0.266 e. The molecule has 2 aromatic heterocycles. The number of halogens is 3. The molecular formula is C16H16Cl2FN5O2S. The van der Waals surface area contributed by atoms with Crippen LogP contribution < -0.4 is 4.72 Å². The Balaban J connectivity index is 1.91. The van der Waals surface area contributed by atoms with Crippen LogP contribution in [0.2, 0.25) is 10.0 Å². The van der Waals surface area contributed by atoms with Crippen LogP contribution in [0.3, 0.4) is 0 Å². The summed E-state index contributed by atoms with van der Waals surface area (Å²) in [7, 11) is -2.29. The largest absolute Gasteiger partial charge is 0.271 e. The van der Waals surface area contributed by atoms with Crippen LogP contribution in [0.15, 0.2) is 29.3 Å². The van der Waals surface area contributed by atoms with Crippen molar-refractivity contribution in [3.63, 3.8) is 0 Å². The summed E-state index contributed by atoms with van der Waals surface area (Å²) in [6.07, 6.45) is 1.39. The van der Waals surface area contributed by atoms with Gasteiger partial charge in [-0.1, -0.05) is 29.3 Å². The van der Waals surface area contributed by atoms with Crippen LogP contribution in [0, 0.1) is 19.7 Å². The molecule has 3 aromatic rings. The van der Waals surface area contributed by atoms with E-state index in [0.717, 1.165) is 0 Å². The van der Waals surface area contributed by atoms with E-state index >= 15 is 0 Å². The van der Waals surface area contributed by atoms with Gasteiger partial charge in [0.25, 0.3) is 10.0 Å². The van der Waals surface area contributed by atoms with Crippen molar-refractivity contribution in [1.29, 1.82) is 0 Å². The molecule has 0 unspecified atom stereocenters. The molecule has 0 amide bonds. The summed E-state index contributed by atoms with van der Waals surface area (Å²) in [5.41, 5.74) is 1.07. The van der Waals surface area contributed by atoms with Gasteiger partial charge in [0.2, 0.25) is 0 Å². The number of benzene rings is 1. The lowest BCUT2D eigenvalue weighted by Gasteiger charge is -2.07. The summed E-state index contributed by atoms with van der Waals surface area (Å²) in [6, 6.07) is 4.34. The fraction of sp³-hybridized carbons (Fsp3) is 0.250. The van der Waals surface area contributed by atoms with E-state index in [-0.39, 0.29) is 32.9 Å². The summed E-state index contributed by atoms with van der Waals surface area (Å²) in [5.74, 6) is -0.551. The van der Waals surface area contributed by atoms with Gasteiger partial charge in [-0.3, -0.25) is 14.1 Å². The monoisotopic (exact) mass is 431 g/mol. The number of hydrogen-bond acceptors (Lipinski definition) is 4. The molecule has 0 aliphatic heterocycles. The molecule has 3 rings (SSSR count). The van der Waals surface area contributed by atoms with E-state index in [4.69, 9.17) is 23.2 Å². The number of aromatic nitrogens is 4. The Bertz CT molecular complexity index is 1100.